The zero-order chi connectivity index (χ0) is 56.5. The summed E-state index contributed by atoms with van der Waals surface area (Å²) in [7, 11) is 1.50. The Hall–Kier alpha value is -7.72. The number of likely N-dealkylation sites (N-methyl/N-ethyl adjacent to an activating group) is 1. The lowest BCUT2D eigenvalue weighted by Crippen LogP contribution is -2.59. The fourth-order valence-corrected chi connectivity index (χ4v) is 10.1. The summed E-state index contributed by atoms with van der Waals surface area (Å²) in [5, 5.41) is 35.1. The number of hydrogen-bond acceptors (Lipinski definition) is 14. The van der Waals surface area contributed by atoms with Crippen LogP contribution in [0, 0.1) is 12.3 Å². The van der Waals surface area contributed by atoms with E-state index in [4.69, 9.17) is 10.5 Å². The number of aliphatic hydroxyl groups is 1. The minimum Gasteiger partial charge on any atom is -0.507 e. The van der Waals surface area contributed by atoms with Crippen molar-refractivity contribution in [3.8, 4) is 21.9 Å². The summed E-state index contributed by atoms with van der Waals surface area (Å²) in [6.07, 6.45) is 2.62. The number of halogens is 1. The molecule has 20 nitrogen and oxygen atoms in total. The third-order valence-corrected chi connectivity index (χ3v) is 15.0. The number of amides is 7. The molecule has 2 unspecified atom stereocenters. The molecule has 0 spiro atoms. The summed E-state index contributed by atoms with van der Waals surface area (Å²) in [6, 6.07) is 14.4. The van der Waals surface area contributed by atoms with Gasteiger partial charge in [-0.25, -0.2) is 9.37 Å². The lowest BCUT2D eigenvalue weighted by atomic mass is 9.85. The van der Waals surface area contributed by atoms with Crippen LogP contribution in [-0.4, -0.2) is 136 Å². The van der Waals surface area contributed by atoms with E-state index in [-0.39, 0.29) is 93.8 Å². The first-order valence-corrected chi connectivity index (χ1v) is 26.8. The quantitative estimate of drug-likeness (QED) is 0.0298. The molecule has 2 fully saturated rings. The number of phenols is 1. The molecule has 1 saturated heterocycles. The second kappa shape index (κ2) is 25.2. The predicted octanol–water partition coefficient (Wildman–Crippen LogP) is 3.82. The van der Waals surface area contributed by atoms with Crippen LogP contribution < -0.4 is 37.1 Å². The van der Waals surface area contributed by atoms with Crippen LogP contribution in [0.1, 0.15) is 115 Å². The van der Waals surface area contributed by atoms with Crippen molar-refractivity contribution in [2.24, 2.45) is 11.1 Å². The van der Waals surface area contributed by atoms with Gasteiger partial charge in [-0.15, -0.1) is 11.3 Å². The highest BCUT2D eigenvalue weighted by atomic mass is 32.1. The summed E-state index contributed by atoms with van der Waals surface area (Å²) in [5.74, 6) is -4.67. The fraction of sp³-hybridized carbons (Fsp3) is 0.446. The molecule has 9 N–H and O–H groups in total. The molecular weight excluding hydrogens is 1030 g/mol. The Balaban J connectivity index is 0.828. The number of aliphatic hydroxyl groups excluding tert-OH is 1. The van der Waals surface area contributed by atoms with E-state index in [1.54, 1.807) is 38.4 Å². The number of alkyl halides is 1. The minimum absolute atomic E-state index is 0.0185. The number of aromatic hydroxyl groups is 1. The molecule has 416 valence electrons. The first-order valence-electron chi connectivity index (χ1n) is 26.0. The predicted molar refractivity (Wildman–Crippen MR) is 287 cm³/mol. The smallest absolute Gasteiger partial charge is 0.267 e. The number of β-amino-alcohol motifs (C(OH)–C–C–N with tert-alkyl or cyclic N) is 1. The number of aromatic nitrogens is 1. The molecule has 4 aromatic rings. The summed E-state index contributed by atoms with van der Waals surface area (Å²) < 4.78 is 20.7. The highest BCUT2D eigenvalue weighted by Gasteiger charge is 2.53. The maximum Gasteiger partial charge on any atom is 0.267 e. The topological polar surface area (TPSA) is 292 Å². The number of fused-ring (bicyclic) bond motifs is 1. The van der Waals surface area contributed by atoms with E-state index in [0.29, 0.717) is 30.6 Å². The van der Waals surface area contributed by atoms with Crippen LogP contribution in [0.5, 0.6) is 11.5 Å². The molecule has 2 aliphatic carbocycles. The summed E-state index contributed by atoms with van der Waals surface area (Å²) in [4.78, 5) is 113. The number of hydrogen-bond donors (Lipinski definition) is 8. The number of rotatable bonds is 23. The number of allylic oxidation sites excluding steroid dienone is 1. The van der Waals surface area contributed by atoms with E-state index >= 15 is 0 Å². The van der Waals surface area contributed by atoms with Crippen molar-refractivity contribution >= 4 is 58.5 Å². The lowest BCUT2D eigenvalue weighted by Gasteiger charge is -2.35. The van der Waals surface area contributed by atoms with Gasteiger partial charge < -0.3 is 57.1 Å². The van der Waals surface area contributed by atoms with Crippen LogP contribution in [0.2, 0.25) is 0 Å². The Bertz CT molecular complexity index is 2970. The number of nitrogens with zero attached hydrogens (tertiary/aromatic N) is 3. The first-order chi connectivity index (χ1) is 37.0. The molecule has 4 atom stereocenters. The van der Waals surface area contributed by atoms with Gasteiger partial charge in [-0.2, -0.15) is 0 Å². The Morgan fingerprint density at radius 3 is 2.44 bits per heavy atom. The molecule has 0 bridgehead atoms. The van der Waals surface area contributed by atoms with E-state index in [2.05, 4.69) is 31.6 Å². The van der Waals surface area contributed by atoms with E-state index in [1.807, 2.05) is 37.3 Å². The van der Waals surface area contributed by atoms with Crippen LogP contribution in [0.4, 0.5) is 4.39 Å². The van der Waals surface area contributed by atoms with E-state index in [0.717, 1.165) is 45.8 Å². The normalized spacial score (nSPS) is 17.8. The number of ketones is 1. The van der Waals surface area contributed by atoms with Gasteiger partial charge in [0.1, 0.15) is 29.3 Å². The number of aryl methyl sites for hydroxylation is 2. The van der Waals surface area contributed by atoms with Crippen LogP contribution in [0.25, 0.3) is 10.4 Å². The van der Waals surface area contributed by atoms with Gasteiger partial charge in [-0.1, -0.05) is 57.2 Å². The van der Waals surface area contributed by atoms with Crippen LogP contribution >= 0.6 is 11.3 Å². The summed E-state index contributed by atoms with van der Waals surface area (Å²) >= 11 is 1.42. The molecule has 7 rings (SSSR count). The minimum atomic E-state index is -2.02. The first kappa shape index (κ1) is 58.0. The number of carbonyl (C=O) groups excluding carboxylic acids is 8. The summed E-state index contributed by atoms with van der Waals surface area (Å²) in [5.41, 5.74) is 8.69. The highest BCUT2D eigenvalue weighted by molar-refractivity contribution is 7.13. The number of ether oxygens (including phenoxy) is 1. The number of phenolic OH excluding ortho intramolecular Hbond substituents is 1. The van der Waals surface area contributed by atoms with Crippen molar-refractivity contribution in [2.75, 3.05) is 39.8 Å². The van der Waals surface area contributed by atoms with E-state index in [1.165, 1.54) is 40.3 Å². The van der Waals surface area contributed by atoms with Gasteiger partial charge >= 0.3 is 0 Å². The highest BCUT2D eigenvalue weighted by Crippen LogP contribution is 2.41. The number of carbonyl (C=O) groups is 8. The van der Waals surface area contributed by atoms with Crippen molar-refractivity contribution in [1.29, 1.82) is 0 Å². The molecule has 3 aromatic carbocycles. The Kier molecular flexibility index (Phi) is 18.7. The van der Waals surface area contributed by atoms with Gasteiger partial charge in [0, 0.05) is 69.8 Å². The van der Waals surface area contributed by atoms with Crippen molar-refractivity contribution < 1.29 is 57.7 Å². The number of nitrogens with one attached hydrogen (secondary N) is 5. The molecule has 1 saturated carbocycles. The van der Waals surface area contributed by atoms with E-state index in [9.17, 15) is 53.0 Å². The fourth-order valence-electron chi connectivity index (χ4n) is 9.27. The SMILES string of the molecule is Cc1ncsc1-c1ccc(CNC(=O)[C@@H]2C[C@@H](O)CN2C(=O)C(NC(=O)C2(F)CC2)C(C)(C)C)c(OCC(=O)NCCCCC(=O)NCCN(C)C(=O)c2ccc(C(=O)C=C(N)C(=O)NC3CCc4ccccc43)cc2O)c1. The largest absolute Gasteiger partial charge is 0.507 e. The number of likely N-dealkylation sites (tertiary alicyclic amines) is 1. The third-order valence-electron chi connectivity index (χ3n) is 14.0. The molecule has 78 heavy (non-hydrogen) atoms. The van der Waals surface area contributed by atoms with Gasteiger partial charge in [-0.3, -0.25) is 38.4 Å². The Labute approximate surface area is 455 Å². The Morgan fingerprint density at radius 2 is 1.73 bits per heavy atom. The van der Waals surface area contributed by atoms with Crippen molar-refractivity contribution in [3.05, 3.63) is 111 Å². The molecule has 3 aliphatic rings. The van der Waals surface area contributed by atoms with Gasteiger partial charge in [0.15, 0.2) is 18.1 Å². The van der Waals surface area contributed by atoms with Crippen LogP contribution in [0.3, 0.4) is 0 Å². The van der Waals surface area contributed by atoms with E-state index < -0.39 is 76.2 Å². The van der Waals surface area contributed by atoms with Crippen molar-refractivity contribution in [2.45, 2.75) is 116 Å². The Morgan fingerprint density at radius 1 is 0.987 bits per heavy atom. The van der Waals surface area contributed by atoms with Gasteiger partial charge in [0.2, 0.25) is 17.7 Å². The standard InChI is InChI=1S/C56H68FN9O11S/c1-32-48(78-31-62-32)35-13-14-36(28-61-51(73)42-26-37(67)29-66(42)53(75)49(55(2,3)4)64-54(76)56(57)19-20-56)45(25-35)77-30-47(71)59-21-9-8-12-46(70)60-22-23-65(5)52(74)39-17-15-34(24-44(39)69)43(68)27-40(58)50(72)63-41-18-16-33-10-6-7-11-38(33)41/h6-7,10-11,13-15,17,24-25,27,31,37,41-42,49,67,69H,8-9,12,16,18-23,26,28-30,58H2,1-5H3,(H,59,71)(H,60,70)(H,61,73)(H,63,72)(H,64,76)/t37-,41?,42+,49?/m1/s1. The average molecular weight is 1090 g/mol. The van der Waals surface area contributed by atoms with Crippen molar-refractivity contribution in [1.82, 2.24) is 41.4 Å². The second-order valence-corrected chi connectivity index (χ2v) is 21.9. The van der Waals surface area contributed by atoms with Crippen LogP contribution in [-0.2, 0) is 41.7 Å². The molecule has 0 radical (unpaired) electrons. The summed E-state index contributed by atoms with van der Waals surface area (Å²) in [6.45, 7) is 6.89. The second-order valence-electron chi connectivity index (χ2n) is 21.1. The van der Waals surface area contributed by atoms with Gasteiger partial charge in [0.25, 0.3) is 23.6 Å². The maximum atomic E-state index is 14.7. The lowest BCUT2D eigenvalue weighted by molar-refractivity contribution is -0.145. The molecular formula is C56H68FN9O11S. The monoisotopic (exact) mass is 1090 g/mol. The van der Waals surface area contributed by atoms with Gasteiger partial charge in [-0.05, 0) is 91.8 Å². The molecule has 2 heterocycles. The average Bonchev–Trinajstić information content (AvgIpc) is 3.65. The maximum absolute atomic E-state index is 14.7. The molecule has 7 amide bonds. The van der Waals surface area contributed by atoms with Crippen molar-refractivity contribution in [3.63, 3.8) is 0 Å². The molecule has 22 heteroatoms. The number of benzene rings is 3. The molecule has 1 aromatic heterocycles. The zero-order valence-corrected chi connectivity index (χ0v) is 45.2. The molecule has 1 aliphatic heterocycles. The number of thiazole rings is 1. The number of nitrogens with two attached hydrogens (primary N) is 1. The zero-order valence-electron chi connectivity index (χ0n) is 44.4. The van der Waals surface area contributed by atoms with Crippen LogP contribution in [0.15, 0.2) is 77.9 Å². The number of unbranched alkanes of at least 4 members (excludes halogenated alkanes) is 1. The third kappa shape index (κ3) is 14.6. The van der Waals surface area contributed by atoms with Gasteiger partial charge in [0.05, 0.1) is 33.8 Å².